The molecule has 0 unspecified atom stereocenters. The Kier molecular flexibility index (Phi) is 3.05. The van der Waals surface area contributed by atoms with Gasteiger partial charge in [-0.1, -0.05) is 0 Å². The summed E-state index contributed by atoms with van der Waals surface area (Å²) in [5.74, 6) is 0. The Bertz CT molecular complexity index is 218. The molecule has 1 atom stereocenters. The average molecular weight is 171 g/mol. The van der Waals surface area contributed by atoms with Crippen LogP contribution < -0.4 is 5.32 Å². The highest BCUT2D eigenvalue weighted by atomic mass is 32.1. The van der Waals surface area contributed by atoms with Crippen molar-refractivity contribution in [2.24, 2.45) is 0 Å². The van der Waals surface area contributed by atoms with Crippen molar-refractivity contribution in [3.63, 3.8) is 0 Å². The lowest BCUT2D eigenvalue weighted by atomic mass is 10.2. The molecule has 1 aromatic rings. The van der Waals surface area contributed by atoms with E-state index in [1.54, 1.807) is 11.3 Å². The first-order valence-electron chi connectivity index (χ1n) is 3.62. The first-order chi connectivity index (χ1) is 5.27. The third kappa shape index (κ3) is 2.02. The van der Waals surface area contributed by atoms with Crippen LogP contribution in [0.2, 0.25) is 0 Å². The monoisotopic (exact) mass is 171 g/mol. The molecule has 1 heterocycles. The number of hydrogen-bond acceptors (Lipinski definition) is 3. The van der Waals surface area contributed by atoms with Gasteiger partial charge in [-0.15, -0.1) is 11.3 Å². The fourth-order valence-electron chi connectivity index (χ4n) is 0.964. The molecule has 1 rings (SSSR count). The molecule has 0 spiro atoms. The summed E-state index contributed by atoms with van der Waals surface area (Å²) < 4.78 is 0. The summed E-state index contributed by atoms with van der Waals surface area (Å²) in [6, 6.07) is 4.23. The van der Waals surface area contributed by atoms with Crippen LogP contribution in [0.5, 0.6) is 0 Å². The fraction of sp³-hybridized carbons (Fsp3) is 0.500. The summed E-state index contributed by atoms with van der Waals surface area (Å²) in [5.41, 5.74) is 0. The molecule has 2 N–H and O–H groups in total. The second-order valence-electron chi connectivity index (χ2n) is 2.47. The van der Waals surface area contributed by atoms with Crippen LogP contribution in [0.3, 0.4) is 0 Å². The Morgan fingerprint density at radius 3 is 2.73 bits per heavy atom. The van der Waals surface area contributed by atoms with Crippen LogP contribution in [0.4, 0.5) is 0 Å². The van der Waals surface area contributed by atoms with E-state index in [0.717, 1.165) is 0 Å². The van der Waals surface area contributed by atoms with E-state index in [1.165, 1.54) is 9.75 Å². The lowest BCUT2D eigenvalue weighted by Gasteiger charge is -2.09. The van der Waals surface area contributed by atoms with Gasteiger partial charge < -0.3 is 10.4 Å². The highest BCUT2D eigenvalue weighted by Crippen LogP contribution is 2.21. The fourth-order valence-corrected chi connectivity index (χ4v) is 1.94. The van der Waals surface area contributed by atoms with Crippen LogP contribution >= 0.6 is 11.3 Å². The van der Waals surface area contributed by atoms with Crippen LogP contribution in [-0.2, 0) is 0 Å². The van der Waals surface area contributed by atoms with Crippen molar-refractivity contribution in [1.29, 1.82) is 0 Å². The predicted octanol–water partition coefficient (Wildman–Crippen LogP) is 1.31. The molecule has 0 aliphatic carbocycles. The largest absolute Gasteiger partial charge is 0.394 e. The average Bonchev–Trinajstić information content (AvgIpc) is 2.39. The second kappa shape index (κ2) is 3.85. The van der Waals surface area contributed by atoms with Gasteiger partial charge in [-0.2, -0.15) is 0 Å². The highest BCUT2D eigenvalue weighted by molar-refractivity contribution is 7.12. The maximum atomic E-state index is 8.93. The first kappa shape index (κ1) is 8.71. The molecule has 1 aromatic heterocycles. The van der Waals surface area contributed by atoms with Crippen LogP contribution in [0.25, 0.3) is 0 Å². The number of aliphatic hydroxyl groups is 1. The van der Waals surface area contributed by atoms with Gasteiger partial charge in [-0.3, -0.25) is 0 Å². The Balaban J connectivity index is 2.73. The topological polar surface area (TPSA) is 32.3 Å². The number of nitrogens with one attached hydrogen (secondary N) is 1. The van der Waals surface area contributed by atoms with E-state index in [0.29, 0.717) is 0 Å². The lowest BCUT2D eigenvalue weighted by Crippen LogP contribution is -2.18. The van der Waals surface area contributed by atoms with Gasteiger partial charge in [0.15, 0.2) is 0 Å². The minimum Gasteiger partial charge on any atom is -0.394 e. The number of aryl methyl sites for hydroxylation is 1. The van der Waals surface area contributed by atoms with Crippen LogP contribution in [0.15, 0.2) is 12.1 Å². The molecule has 0 bridgehead atoms. The molecule has 0 amide bonds. The SMILES string of the molecule is CN[C@H](CO)c1ccc(C)s1. The van der Waals surface area contributed by atoms with Crippen LogP contribution in [-0.4, -0.2) is 18.8 Å². The number of aliphatic hydroxyl groups excluding tert-OH is 1. The van der Waals surface area contributed by atoms with E-state index < -0.39 is 0 Å². The van der Waals surface area contributed by atoms with Crippen molar-refractivity contribution in [3.8, 4) is 0 Å². The number of thiophene rings is 1. The van der Waals surface area contributed by atoms with E-state index in [-0.39, 0.29) is 12.6 Å². The van der Waals surface area contributed by atoms with Gasteiger partial charge in [-0.05, 0) is 26.1 Å². The van der Waals surface area contributed by atoms with Crippen molar-refractivity contribution in [3.05, 3.63) is 21.9 Å². The molecule has 2 nitrogen and oxygen atoms in total. The van der Waals surface area contributed by atoms with E-state index in [9.17, 15) is 0 Å². The third-order valence-electron chi connectivity index (χ3n) is 1.64. The Morgan fingerprint density at radius 1 is 1.64 bits per heavy atom. The maximum absolute atomic E-state index is 8.93. The predicted molar refractivity (Wildman–Crippen MR) is 47.9 cm³/mol. The summed E-state index contributed by atoms with van der Waals surface area (Å²) in [7, 11) is 1.86. The standard InChI is InChI=1S/C8H13NOS/c1-6-3-4-8(11-6)7(5-10)9-2/h3-4,7,9-10H,5H2,1-2H3/t7-/m1/s1. The molecule has 3 heteroatoms. The number of likely N-dealkylation sites (N-methyl/N-ethyl adjacent to an activating group) is 1. The second-order valence-corrected chi connectivity index (χ2v) is 3.79. The molecular weight excluding hydrogens is 158 g/mol. The molecule has 0 radical (unpaired) electrons. The summed E-state index contributed by atoms with van der Waals surface area (Å²) in [5, 5.41) is 12.0. The van der Waals surface area contributed by atoms with E-state index >= 15 is 0 Å². The third-order valence-corrected chi connectivity index (χ3v) is 2.75. The smallest absolute Gasteiger partial charge is 0.0647 e. The van der Waals surface area contributed by atoms with E-state index in [2.05, 4.69) is 24.4 Å². The van der Waals surface area contributed by atoms with Gasteiger partial charge in [0.1, 0.15) is 0 Å². The Morgan fingerprint density at radius 2 is 2.36 bits per heavy atom. The van der Waals surface area contributed by atoms with Gasteiger partial charge in [0.25, 0.3) is 0 Å². The normalized spacial score (nSPS) is 13.4. The van der Waals surface area contributed by atoms with Crippen molar-refractivity contribution in [2.75, 3.05) is 13.7 Å². The lowest BCUT2D eigenvalue weighted by molar-refractivity contribution is 0.253. The van der Waals surface area contributed by atoms with Gasteiger partial charge in [0, 0.05) is 9.75 Å². The summed E-state index contributed by atoms with van der Waals surface area (Å²) in [4.78, 5) is 2.49. The molecule has 0 saturated carbocycles. The first-order valence-corrected chi connectivity index (χ1v) is 4.44. The van der Waals surface area contributed by atoms with Gasteiger partial charge in [-0.25, -0.2) is 0 Å². The summed E-state index contributed by atoms with van der Waals surface area (Å²) in [6.45, 7) is 2.23. The minimum atomic E-state index is 0.105. The zero-order chi connectivity index (χ0) is 8.27. The zero-order valence-electron chi connectivity index (χ0n) is 6.79. The summed E-state index contributed by atoms with van der Waals surface area (Å²) in [6.07, 6.45) is 0. The maximum Gasteiger partial charge on any atom is 0.0647 e. The summed E-state index contributed by atoms with van der Waals surface area (Å²) >= 11 is 1.72. The Labute approximate surface area is 70.9 Å². The molecule has 62 valence electrons. The van der Waals surface area contributed by atoms with Gasteiger partial charge >= 0.3 is 0 Å². The molecule has 0 saturated heterocycles. The highest BCUT2D eigenvalue weighted by Gasteiger charge is 2.08. The molecule has 0 aliphatic heterocycles. The van der Waals surface area contributed by atoms with Crippen molar-refractivity contribution >= 4 is 11.3 Å². The molecule has 11 heavy (non-hydrogen) atoms. The minimum absolute atomic E-state index is 0.105. The quantitative estimate of drug-likeness (QED) is 0.718. The van der Waals surface area contributed by atoms with Crippen molar-refractivity contribution < 1.29 is 5.11 Å². The molecule has 0 aromatic carbocycles. The van der Waals surface area contributed by atoms with E-state index in [4.69, 9.17) is 5.11 Å². The number of hydrogen-bond donors (Lipinski definition) is 2. The Hall–Kier alpha value is -0.380. The zero-order valence-corrected chi connectivity index (χ0v) is 7.61. The molecule has 0 fully saturated rings. The van der Waals surface area contributed by atoms with Gasteiger partial charge in [0.2, 0.25) is 0 Å². The van der Waals surface area contributed by atoms with Crippen molar-refractivity contribution in [1.82, 2.24) is 5.32 Å². The van der Waals surface area contributed by atoms with Crippen LogP contribution in [0.1, 0.15) is 15.8 Å². The molecular formula is C8H13NOS. The van der Waals surface area contributed by atoms with Crippen molar-refractivity contribution in [2.45, 2.75) is 13.0 Å². The van der Waals surface area contributed by atoms with Gasteiger partial charge in [0.05, 0.1) is 12.6 Å². The molecule has 0 aliphatic rings. The number of rotatable bonds is 3. The van der Waals surface area contributed by atoms with Crippen LogP contribution in [0, 0.1) is 6.92 Å². The van der Waals surface area contributed by atoms with E-state index in [1.807, 2.05) is 7.05 Å².